The number of fused-ring (bicyclic) bond motifs is 1. The molecule has 2 aliphatic rings. The summed E-state index contributed by atoms with van der Waals surface area (Å²) >= 11 is 0. The summed E-state index contributed by atoms with van der Waals surface area (Å²) in [5, 5.41) is 9.46. The van der Waals surface area contributed by atoms with E-state index in [9.17, 15) is 14.9 Å². The van der Waals surface area contributed by atoms with Crippen LogP contribution in [0.15, 0.2) is 60.9 Å². The number of aromatic nitrogens is 1. The number of benzene rings is 2. The SMILES string of the molecule is C[C@H]1C[C@@H](N2C(=O)c3ccccc3C2=O)CCN1c1cc(-c2cnccc2C#N)ccc1N. The second-order valence-electron chi connectivity index (χ2n) is 8.55. The largest absolute Gasteiger partial charge is 0.397 e. The highest BCUT2D eigenvalue weighted by atomic mass is 16.2. The van der Waals surface area contributed by atoms with Crippen molar-refractivity contribution >= 4 is 23.2 Å². The molecule has 0 bridgehead atoms. The highest BCUT2D eigenvalue weighted by Gasteiger charge is 2.42. The molecule has 2 amide bonds. The first-order valence-corrected chi connectivity index (χ1v) is 11.0. The third-order valence-electron chi connectivity index (χ3n) is 6.63. The van der Waals surface area contributed by atoms with Crippen molar-refractivity contribution < 1.29 is 9.59 Å². The molecule has 1 saturated heterocycles. The van der Waals surface area contributed by atoms with E-state index in [4.69, 9.17) is 5.73 Å². The molecule has 3 heterocycles. The van der Waals surface area contributed by atoms with Gasteiger partial charge in [0.05, 0.1) is 34.1 Å². The molecule has 0 unspecified atom stereocenters. The molecule has 7 nitrogen and oxygen atoms in total. The summed E-state index contributed by atoms with van der Waals surface area (Å²) in [6, 6.07) is 16.6. The van der Waals surface area contributed by atoms with Gasteiger partial charge in [-0.05, 0) is 55.7 Å². The van der Waals surface area contributed by atoms with E-state index < -0.39 is 0 Å². The van der Waals surface area contributed by atoms with Gasteiger partial charge < -0.3 is 10.6 Å². The van der Waals surface area contributed by atoms with E-state index in [1.807, 2.05) is 18.2 Å². The van der Waals surface area contributed by atoms with Crippen LogP contribution in [-0.4, -0.2) is 40.3 Å². The van der Waals surface area contributed by atoms with Gasteiger partial charge in [0.2, 0.25) is 0 Å². The highest BCUT2D eigenvalue weighted by molar-refractivity contribution is 6.21. The van der Waals surface area contributed by atoms with Crippen molar-refractivity contribution in [2.24, 2.45) is 0 Å². The van der Waals surface area contributed by atoms with Gasteiger partial charge in [-0.1, -0.05) is 18.2 Å². The van der Waals surface area contributed by atoms with Crippen LogP contribution >= 0.6 is 0 Å². The Labute approximate surface area is 192 Å². The number of carbonyl (C=O) groups excluding carboxylic acids is 2. The molecular formula is C26H23N5O2. The van der Waals surface area contributed by atoms with E-state index >= 15 is 0 Å². The second kappa shape index (κ2) is 8.06. The van der Waals surface area contributed by atoms with Gasteiger partial charge in [-0.15, -0.1) is 0 Å². The first-order chi connectivity index (χ1) is 16.0. The Balaban J connectivity index is 1.40. The average molecular weight is 438 g/mol. The molecule has 2 atom stereocenters. The normalized spacial score (nSPS) is 20.0. The van der Waals surface area contributed by atoms with Crippen molar-refractivity contribution in [2.75, 3.05) is 17.2 Å². The third-order valence-corrected chi connectivity index (χ3v) is 6.63. The maximum atomic E-state index is 12.9. The van der Waals surface area contributed by atoms with Crippen LogP contribution in [0, 0.1) is 11.3 Å². The van der Waals surface area contributed by atoms with Gasteiger partial charge in [0.1, 0.15) is 0 Å². The third kappa shape index (κ3) is 3.40. The lowest BCUT2D eigenvalue weighted by Crippen LogP contribution is -2.51. The van der Waals surface area contributed by atoms with Gasteiger partial charge >= 0.3 is 0 Å². The fraction of sp³-hybridized carbons (Fsp3) is 0.231. The average Bonchev–Trinajstić information content (AvgIpc) is 3.09. The van der Waals surface area contributed by atoms with E-state index in [-0.39, 0.29) is 23.9 Å². The van der Waals surface area contributed by atoms with E-state index in [2.05, 4.69) is 22.9 Å². The Morgan fingerprint density at radius 3 is 2.45 bits per heavy atom. The summed E-state index contributed by atoms with van der Waals surface area (Å²) in [6.45, 7) is 2.74. The van der Waals surface area contributed by atoms with Crippen LogP contribution in [0.2, 0.25) is 0 Å². The zero-order valence-electron chi connectivity index (χ0n) is 18.2. The van der Waals surface area contributed by atoms with Gasteiger partial charge in [-0.3, -0.25) is 19.5 Å². The van der Waals surface area contributed by atoms with Crippen molar-refractivity contribution in [2.45, 2.75) is 31.8 Å². The zero-order valence-corrected chi connectivity index (χ0v) is 18.2. The predicted molar refractivity (Wildman–Crippen MR) is 126 cm³/mol. The number of nitrogens with zero attached hydrogens (tertiary/aromatic N) is 4. The topological polar surface area (TPSA) is 103 Å². The smallest absolute Gasteiger partial charge is 0.261 e. The van der Waals surface area contributed by atoms with Gasteiger partial charge in [0, 0.05) is 36.6 Å². The fourth-order valence-corrected chi connectivity index (χ4v) is 4.96. The van der Waals surface area contributed by atoms with Crippen LogP contribution < -0.4 is 10.6 Å². The Kier molecular flexibility index (Phi) is 5.06. The second-order valence-corrected chi connectivity index (χ2v) is 8.55. The van der Waals surface area contributed by atoms with E-state index in [0.29, 0.717) is 41.8 Å². The Hall–Kier alpha value is -4.18. The Morgan fingerprint density at radius 1 is 1.06 bits per heavy atom. The summed E-state index contributed by atoms with van der Waals surface area (Å²) in [5.74, 6) is -0.410. The molecule has 0 radical (unpaired) electrons. The number of nitrogens with two attached hydrogens (primary N) is 1. The Bertz CT molecular complexity index is 1280. The van der Waals surface area contributed by atoms with Crippen LogP contribution in [-0.2, 0) is 0 Å². The van der Waals surface area contributed by atoms with Crippen LogP contribution in [0.4, 0.5) is 11.4 Å². The van der Waals surface area contributed by atoms with Crippen LogP contribution in [0.25, 0.3) is 11.1 Å². The molecule has 1 aromatic heterocycles. The summed E-state index contributed by atoms with van der Waals surface area (Å²) < 4.78 is 0. The maximum Gasteiger partial charge on any atom is 0.261 e. The quantitative estimate of drug-likeness (QED) is 0.493. The van der Waals surface area contributed by atoms with Crippen LogP contribution in [0.5, 0.6) is 0 Å². The van der Waals surface area contributed by atoms with Crippen LogP contribution in [0.3, 0.4) is 0 Å². The minimum atomic E-state index is -0.205. The molecule has 0 aliphatic carbocycles. The number of nitriles is 1. The molecule has 3 aromatic rings. The molecule has 2 aliphatic heterocycles. The van der Waals surface area contributed by atoms with Crippen molar-refractivity contribution in [3.05, 3.63) is 77.6 Å². The molecule has 164 valence electrons. The van der Waals surface area contributed by atoms with Gasteiger partial charge in [-0.25, -0.2) is 0 Å². The summed E-state index contributed by atoms with van der Waals surface area (Å²) in [5.41, 5.74) is 11.0. The first kappa shape index (κ1) is 20.7. The summed E-state index contributed by atoms with van der Waals surface area (Å²) in [6.07, 6.45) is 4.61. The monoisotopic (exact) mass is 437 g/mol. The molecule has 0 spiro atoms. The van der Waals surface area contributed by atoms with Crippen molar-refractivity contribution in [3.63, 3.8) is 0 Å². The molecule has 33 heavy (non-hydrogen) atoms. The maximum absolute atomic E-state index is 12.9. The predicted octanol–water partition coefficient (Wildman–Crippen LogP) is 3.86. The molecule has 2 aromatic carbocycles. The fourth-order valence-electron chi connectivity index (χ4n) is 4.96. The molecule has 0 saturated carbocycles. The lowest BCUT2D eigenvalue weighted by atomic mass is 9.94. The van der Waals surface area contributed by atoms with Crippen molar-refractivity contribution in [1.29, 1.82) is 5.26 Å². The number of hydrogen-bond acceptors (Lipinski definition) is 6. The number of rotatable bonds is 3. The number of carbonyl (C=O) groups is 2. The van der Waals surface area contributed by atoms with Crippen molar-refractivity contribution in [3.8, 4) is 17.2 Å². The number of amides is 2. The lowest BCUT2D eigenvalue weighted by molar-refractivity contribution is 0.0551. The van der Waals surface area contributed by atoms with E-state index in [1.165, 1.54) is 4.90 Å². The minimum Gasteiger partial charge on any atom is -0.397 e. The summed E-state index contributed by atoms with van der Waals surface area (Å²) in [7, 11) is 0. The minimum absolute atomic E-state index is 0.0648. The summed E-state index contributed by atoms with van der Waals surface area (Å²) in [4.78, 5) is 33.7. The highest BCUT2D eigenvalue weighted by Crippen LogP contribution is 2.37. The number of imide groups is 1. The van der Waals surface area contributed by atoms with Gasteiger partial charge in [-0.2, -0.15) is 5.26 Å². The molecule has 7 heteroatoms. The number of piperidine rings is 1. The van der Waals surface area contributed by atoms with Crippen LogP contribution in [0.1, 0.15) is 46.0 Å². The number of hydrogen-bond donors (Lipinski definition) is 1. The standard InChI is InChI=1S/C26H23N5O2/c1-16-12-19(31-25(32)20-4-2-3-5-21(20)26(31)33)9-11-30(16)24-13-17(6-7-23(24)28)22-15-29-10-8-18(22)14-27/h2-8,10,13,15-16,19H,9,11-12,28H2,1H3/t16-,19-/m0/s1. The zero-order chi connectivity index (χ0) is 23.1. The first-order valence-electron chi connectivity index (χ1n) is 11.0. The number of anilines is 2. The number of pyridine rings is 1. The van der Waals surface area contributed by atoms with Gasteiger partial charge in [0.15, 0.2) is 0 Å². The Morgan fingerprint density at radius 2 is 1.79 bits per heavy atom. The molecular weight excluding hydrogens is 414 g/mol. The van der Waals surface area contributed by atoms with E-state index in [1.54, 1.807) is 42.7 Å². The molecule has 5 rings (SSSR count). The lowest BCUT2D eigenvalue weighted by Gasteiger charge is -2.42. The molecule has 1 fully saturated rings. The van der Waals surface area contributed by atoms with Gasteiger partial charge in [0.25, 0.3) is 11.8 Å². The number of nitrogen functional groups attached to an aromatic ring is 1. The molecule has 2 N–H and O–H groups in total. The van der Waals surface area contributed by atoms with Crippen molar-refractivity contribution in [1.82, 2.24) is 9.88 Å². The van der Waals surface area contributed by atoms with E-state index in [0.717, 1.165) is 16.8 Å².